The molecule has 0 aliphatic heterocycles. The molecule has 0 rings (SSSR count). The Balaban J connectivity index is 3.56. The number of hydrogen-bond donors (Lipinski definition) is 1. The average molecular weight is 1160 g/mol. The number of rotatable bonds is 61. The van der Waals surface area contributed by atoms with Crippen LogP contribution >= 0.6 is 0 Å². The van der Waals surface area contributed by atoms with E-state index in [9.17, 15) is 14.7 Å². The van der Waals surface area contributed by atoms with E-state index >= 15 is 0 Å². The average Bonchev–Trinajstić information content (AvgIpc) is 3.51. The third-order valence-electron chi connectivity index (χ3n) is 14.2. The summed E-state index contributed by atoms with van der Waals surface area (Å²) in [5, 5.41) is 9.69. The van der Waals surface area contributed by atoms with Crippen molar-refractivity contribution in [1.82, 2.24) is 0 Å². The Morgan fingerprint density at radius 1 is 0.274 bits per heavy atom. The lowest BCUT2D eigenvalue weighted by atomic mass is 10.0. The van der Waals surface area contributed by atoms with Crippen LogP contribution in [0.2, 0.25) is 0 Å². The molecule has 0 aliphatic carbocycles. The molecular weight excluding hydrogens is 1030 g/mol. The molecule has 0 aromatic carbocycles. The first-order valence-electron chi connectivity index (χ1n) is 34.3. The molecule has 5 nitrogen and oxygen atoms in total. The molecule has 1 N–H and O–H groups in total. The van der Waals surface area contributed by atoms with Gasteiger partial charge in [-0.3, -0.25) is 9.59 Å². The van der Waals surface area contributed by atoms with Gasteiger partial charge in [-0.2, -0.15) is 0 Å². The van der Waals surface area contributed by atoms with Gasteiger partial charge in [-0.15, -0.1) is 0 Å². The maximum Gasteiger partial charge on any atom is 0.306 e. The molecule has 472 valence electrons. The smallest absolute Gasteiger partial charge is 0.306 e. The molecule has 0 aromatic rings. The topological polar surface area (TPSA) is 72.8 Å². The minimum Gasteiger partial charge on any atom is -0.462 e. The van der Waals surface area contributed by atoms with E-state index in [1.54, 1.807) is 0 Å². The molecule has 0 amide bonds. The second kappa shape index (κ2) is 72.3. The summed E-state index contributed by atoms with van der Waals surface area (Å²) in [5.74, 6) is -0.633. The molecule has 0 saturated heterocycles. The van der Waals surface area contributed by atoms with Crippen molar-refractivity contribution in [3.8, 4) is 0 Å². The van der Waals surface area contributed by atoms with Crippen LogP contribution in [0.4, 0.5) is 0 Å². The van der Waals surface area contributed by atoms with Crippen molar-refractivity contribution in [3.63, 3.8) is 0 Å². The first-order chi connectivity index (χ1) is 41.6. The van der Waals surface area contributed by atoms with Crippen molar-refractivity contribution in [3.05, 3.63) is 182 Å². The first kappa shape index (κ1) is 79.0. The van der Waals surface area contributed by atoms with Crippen molar-refractivity contribution in [2.24, 2.45) is 0 Å². The Kier molecular flexibility index (Phi) is 68.0. The van der Waals surface area contributed by atoms with E-state index < -0.39 is 6.10 Å². The highest BCUT2D eigenvalue weighted by molar-refractivity contribution is 5.70. The normalized spacial score (nSPS) is 13.4. The molecule has 0 bridgehead atoms. The third kappa shape index (κ3) is 69.5. The van der Waals surface area contributed by atoms with Crippen LogP contribution in [0.1, 0.15) is 284 Å². The van der Waals surface area contributed by atoms with E-state index in [-0.39, 0.29) is 25.2 Å². The minimum atomic E-state index is -0.803. The van der Waals surface area contributed by atoms with Crippen molar-refractivity contribution in [2.45, 2.75) is 290 Å². The van der Waals surface area contributed by atoms with Gasteiger partial charge >= 0.3 is 11.9 Å². The lowest BCUT2D eigenvalue weighted by molar-refractivity contribution is -0.161. The summed E-state index contributed by atoms with van der Waals surface area (Å²) in [6.07, 6.45) is 113. The predicted molar refractivity (Wildman–Crippen MR) is 370 cm³/mol. The quantitative estimate of drug-likeness (QED) is 0.0373. The molecule has 84 heavy (non-hydrogen) atoms. The summed E-state index contributed by atoms with van der Waals surface area (Å²) in [6, 6.07) is 0. The van der Waals surface area contributed by atoms with Crippen molar-refractivity contribution < 1.29 is 24.2 Å². The molecule has 0 spiro atoms. The van der Waals surface area contributed by atoms with Gasteiger partial charge in [0.2, 0.25) is 0 Å². The molecule has 1 atom stereocenters. The molecular formula is C79H126O5. The standard InChI is InChI=1S/C79H126O5/c1-3-5-7-9-11-13-15-17-19-21-23-25-27-29-31-33-35-36-37-38-39-40-41-42-44-45-47-49-51-53-55-57-59-61-63-65-67-69-71-73-78(81)83-76-77(75-80)84-79(82)74-72-70-68-66-64-62-60-58-56-54-52-50-48-46-43-34-32-30-28-26-24-22-20-18-16-14-12-10-8-6-4-2/h5-8,11-14,17-20,23-26,29-32,35-36,43,46,50,52,56,58,62,64,77,80H,3-4,9-10,15-16,21-22,27-28,33-34,37-42,44-45,47-49,51,53-55,57,59-61,63,65-76H2,1-2H3/b7-5-,8-6-,13-11-,14-12-,19-17-,20-18-,25-23-,26-24-,31-29-,32-30-,36-35-,46-43-,52-50-,58-56-,64-62-. The second-order valence-corrected chi connectivity index (χ2v) is 22.1. The van der Waals surface area contributed by atoms with Crippen molar-refractivity contribution in [2.75, 3.05) is 13.2 Å². The number of hydrogen-bond acceptors (Lipinski definition) is 5. The van der Waals surface area contributed by atoms with Crippen molar-refractivity contribution in [1.29, 1.82) is 0 Å². The number of carbonyl (C=O) groups excluding carboxylic acids is 2. The van der Waals surface area contributed by atoms with Crippen LogP contribution in [0.15, 0.2) is 182 Å². The summed E-state index contributed by atoms with van der Waals surface area (Å²) in [6.45, 7) is 3.89. The third-order valence-corrected chi connectivity index (χ3v) is 14.2. The molecule has 0 radical (unpaired) electrons. The van der Waals surface area contributed by atoms with Gasteiger partial charge in [-0.25, -0.2) is 0 Å². The lowest BCUT2D eigenvalue weighted by Gasteiger charge is -2.15. The van der Waals surface area contributed by atoms with Gasteiger partial charge in [0.25, 0.3) is 0 Å². The van der Waals surface area contributed by atoms with Gasteiger partial charge in [0.05, 0.1) is 6.61 Å². The molecule has 0 heterocycles. The summed E-state index contributed by atoms with van der Waals surface area (Å²) in [4.78, 5) is 24.6. The van der Waals surface area contributed by atoms with E-state index in [1.165, 1.54) is 116 Å². The summed E-state index contributed by atoms with van der Waals surface area (Å²) >= 11 is 0. The number of carbonyl (C=O) groups is 2. The zero-order valence-electron chi connectivity index (χ0n) is 54.1. The van der Waals surface area contributed by atoms with Crippen LogP contribution in [-0.4, -0.2) is 36.4 Å². The van der Waals surface area contributed by atoms with Gasteiger partial charge in [-0.05, 0) is 135 Å². The number of aliphatic hydroxyl groups excluding tert-OH is 1. The number of aliphatic hydroxyl groups is 1. The monoisotopic (exact) mass is 1150 g/mol. The van der Waals surface area contributed by atoms with Gasteiger partial charge in [0.15, 0.2) is 6.10 Å². The van der Waals surface area contributed by atoms with E-state index in [0.29, 0.717) is 12.8 Å². The van der Waals surface area contributed by atoms with Gasteiger partial charge < -0.3 is 14.6 Å². The van der Waals surface area contributed by atoms with Gasteiger partial charge in [-0.1, -0.05) is 318 Å². The Hall–Kier alpha value is -5.00. The van der Waals surface area contributed by atoms with Crippen LogP contribution in [0.3, 0.4) is 0 Å². The highest BCUT2D eigenvalue weighted by atomic mass is 16.6. The zero-order chi connectivity index (χ0) is 60.5. The zero-order valence-corrected chi connectivity index (χ0v) is 54.1. The number of unbranched alkanes of at least 4 members (excludes halogenated alkanes) is 23. The second-order valence-electron chi connectivity index (χ2n) is 22.1. The van der Waals surface area contributed by atoms with Crippen molar-refractivity contribution >= 4 is 11.9 Å². The van der Waals surface area contributed by atoms with Crippen LogP contribution in [0, 0.1) is 0 Å². The van der Waals surface area contributed by atoms with Crippen LogP contribution in [-0.2, 0) is 19.1 Å². The maximum absolute atomic E-state index is 12.3. The molecule has 5 heteroatoms. The fourth-order valence-electron chi connectivity index (χ4n) is 9.14. The van der Waals surface area contributed by atoms with Crippen LogP contribution in [0.25, 0.3) is 0 Å². The van der Waals surface area contributed by atoms with E-state index in [1.807, 2.05) is 0 Å². The summed E-state index contributed by atoms with van der Waals surface area (Å²) in [5.41, 5.74) is 0. The van der Waals surface area contributed by atoms with Crippen LogP contribution in [0.5, 0.6) is 0 Å². The molecule has 0 aliphatic rings. The minimum absolute atomic E-state index is 0.0882. The van der Waals surface area contributed by atoms with E-state index in [0.717, 1.165) is 141 Å². The number of allylic oxidation sites excluding steroid dienone is 30. The Bertz CT molecular complexity index is 1890. The highest BCUT2D eigenvalue weighted by Gasteiger charge is 2.16. The fourth-order valence-corrected chi connectivity index (χ4v) is 9.14. The Morgan fingerprint density at radius 3 is 0.726 bits per heavy atom. The lowest BCUT2D eigenvalue weighted by Crippen LogP contribution is -2.28. The summed E-state index contributed by atoms with van der Waals surface area (Å²) < 4.78 is 10.7. The fraction of sp³-hybridized carbons (Fsp3) is 0.595. The van der Waals surface area contributed by atoms with E-state index in [2.05, 4.69) is 196 Å². The van der Waals surface area contributed by atoms with E-state index in [4.69, 9.17) is 9.47 Å². The molecule has 1 unspecified atom stereocenters. The van der Waals surface area contributed by atoms with Gasteiger partial charge in [0, 0.05) is 12.8 Å². The number of ether oxygens (including phenoxy) is 2. The Morgan fingerprint density at radius 2 is 0.476 bits per heavy atom. The highest BCUT2D eigenvalue weighted by Crippen LogP contribution is 2.16. The maximum atomic E-state index is 12.3. The van der Waals surface area contributed by atoms with Crippen LogP contribution < -0.4 is 0 Å². The SMILES string of the molecule is CC/C=C\C/C=C\C/C=C\C/C=C\C/C=C\C/C=C\C/C=C\C/C=C\C/C=C\CCCCCC(=O)OC(CO)COC(=O)CCCCCCCCCCCCCCCCCCCCCC/C=C\C/C=C\C/C=C\C/C=C\C/C=C\C/C=C\CC. The Labute approximate surface area is 518 Å². The molecule has 0 fully saturated rings. The summed E-state index contributed by atoms with van der Waals surface area (Å²) in [7, 11) is 0. The predicted octanol–water partition coefficient (Wildman–Crippen LogP) is 24.2. The molecule has 0 aromatic heterocycles. The first-order valence-corrected chi connectivity index (χ1v) is 34.3. The molecule has 0 saturated carbocycles. The largest absolute Gasteiger partial charge is 0.462 e. The number of esters is 2. The van der Waals surface area contributed by atoms with Gasteiger partial charge in [0.1, 0.15) is 6.61 Å².